The quantitative estimate of drug-likeness (QED) is 0.156. The van der Waals surface area contributed by atoms with Crippen LogP contribution in [0, 0.1) is 0 Å². The van der Waals surface area contributed by atoms with Crippen LogP contribution in [-0.4, -0.2) is 212 Å². The standard InChI is InChI=1S/C13H23NO4.C13H21NO4.C12H19NO5.C12H21NO4.C7H11NO3.C6H9NO3.Li.H2O/c2*1-9-7-6-8-10(11(15)17-5)14(9)12(16)18-13(2,3)4;1-12(2,3)18-11(16)13-8(10(15)17-4)6-5-7-9(13)14;1-8-6-5-7-9(10(14)15)13(8)11(16)17-12(2,3)4;1-11-7(10)5-3-2-4-6(9)8-5;8-5-3-1-2-4(7-5)6(9)10;;/h9-10H,6-8H2,1-5H3;10H,1,6-8H2,2-5H3;8H,5-7H2,1-4H3;8-9H,5-7H2,1-4H3,(H,14,15);5H,2-4H2,1H3,(H,8,9);4H,1-3H2,(H,7,8)(H,9,10);;1H2/q;;;;;;+1;/p-1/t9-,10-;10-;8-;8-,9-;5-;4-;;/m000000../s1. The number of carboxylic acids is 2. The number of amides is 7. The van der Waals surface area contributed by atoms with Crippen LogP contribution >= 0.6 is 0 Å². The van der Waals surface area contributed by atoms with E-state index in [-0.39, 0.29) is 66.6 Å². The van der Waals surface area contributed by atoms with Gasteiger partial charge in [0.25, 0.3) is 0 Å². The number of carbonyl (C=O) groups is 13. The van der Waals surface area contributed by atoms with E-state index in [9.17, 15) is 62.3 Å². The minimum absolute atomic E-state index is 0. The molecule has 0 unspecified atom stereocenters. The van der Waals surface area contributed by atoms with Gasteiger partial charge in [-0.15, -0.1) is 0 Å². The van der Waals surface area contributed by atoms with Crippen LogP contribution in [0.3, 0.4) is 0 Å². The second-order valence-corrected chi connectivity index (χ2v) is 26.6. The van der Waals surface area contributed by atoms with Gasteiger partial charge in [-0.3, -0.25) is 29.1 Å². The first-order valence-electron chi connectivity index (χ1n) is 31.1. The first-order valence-corrected chi connectivity index (χ1v) is 31.1. The van der Waals surface area contributed by atoms with Gasteiger partial charge in [0.2, 0.25) is 17.7 Å². The molecule has 0 bridgehead atoms. The molecule has 8 atom stereocenters. The van der Waals surface area contributed by atoms with Gasteiger partial charge >= 0.3 is 79.0 Å². The molecule has 0 radical (unpaired) electrons. The van der Waals surface area contributed by atoms with E-state index in [2.05, 4.69) is 26.7 Å². The Morgan fingerprint density at radius 1 is 0.415 bits per heavy atom. The second-order valence-electron chi connectivity index (χ2n) is 26.6. The summed E-state index contributed by atoms with van der Waals surface area (Å²) in [5.74, 6) is -4.24. The van der Waals surface area contributed by atoms with Crippen LogP contribution in [0.1, 0.15) is 213 Å². The number of aliphatic carboxylic acids is 2. The van der Waals surface area contributed by atoms with Crippen LogP contribution in [0.15, 0.2) is 12.3 Å². The Labute approximate surface area is 564 Å². The first kappa shape index (κ1) is 88.9. The van der Waals surface area contributed by atoms with Crippen LogP contribution in [0.5, 0.6) is 0 Å². The zero-order valence-corrected chi connectivity index (χ0v) is 58.8. The Hall–Kier alpha value is -7.19. The first-order chi connectivity index (χ1) is 42.4. The van der Waals surface area contributed by atoms with Gasteiger partial charge in [-0.2, -0.15) is 0 Å². The van der Waals surface area contributed by atoms with Gasteiger partial charge in [-0.05, 0) is 193 Å². The monoisotopic (exact) mass is 1340 g/mol. The minimum Gasteiger partial charge on any atom is -0.870 e. The fourth-order valence-corrected chi connectivity index (χ4v) is 10.0. The summed E-state index contributed by atoms with van der Waals surface area (Å²) < 4.78 is 39.6. The van der Waals surface area contributed by atoms with Crippen LogP contribution in [0.2, 0.25) is 0 Å². The molecule has 0 spiro atoms. The maximum atomic E-state index is 12.2. The van der Waals surface area contributed by atoms with Gasteiger partial charge in [0.05, 0.1) is 28.4 Å². The Kier molecular flexibility index (Phi) is 38.7. The van der Waals surface area contributed by atoms with Crippen molar-refractivity contribution in [2.24, 2.45) is 0 Å². The van der Waals surface area contributed by atoms with Crippen molar-refractivity contribution in [1.29, 1.82) is 0 Å². The molecule has 6 aliphatic heterocycles. The maximum absolute atomic E-state index is 12.2. The molecule has 0 aromatic rings. The van der Waals surface area contributed by atoms with Crippen molar-refractivity contribution in [1.82, 2.24) is 30.2 Å². The molecule has 6 heterocycles. The molecule has 6 fully saturated rings. The van der Waals surface area contributed by atoms with Crippen LogP contribution in [-0.2, 0) is 81.0 Å². The van der Waals surface area contributed by atoms with Crippen molar-refractivity contribution in [2.75, 3.05) is 28.4 Å². The molecule has 532 valence electrons. The van der Waals surface area contributed by atoms with E-state index in [4.69, 9.17) is 38.6 Å². The smallest absolute Gasteiger partial charge is 0.870 e. The number of esters is 4. The third-order valence-corrected chi connectivity index (χ3v) is 14.2. The van der Waals surface area contributed by atoms with Crippen molar-refractivity contribution >= 4 is 77.9 Å². The molecule has 94 heavy (non-hydrogen) atoms. The van der Waals surface area contributed by atoms with E-state index < -0.39 is 113 Å². The van der Waals surface area contributed by atoms with Gasteiger partial charge in [0.1, 0.15) is 58.7 Å². The number of allylic oxidation sites excluding steroid dienone is 1. The molecule has 6 rings (SSSR count). The number of nitrogens with one attached hydrogen (secondary N) is 2. The topological polar surface area (TPSA) is 403 Å². The molecular weight excluding hydrogens is 1230 g/mol. The van der Waals surface area contributed by atoms with Crippen molar-refractivity contribution in [3.8, 4) is 0 Å². The number of hydrogen-bond acceptors (Lipinski definition) is 22. The molecule has 30 nitrogen and oxygen atoms in total. The molecule has 7 amide bonds. The number of likely N-dealkylation sites (tertiary alicyclic amines) is 4. The Bertz CT molecular complexity index is 2500. The largest absolute Gasteiger partial charge is 1.00 e. The third kappa shape index (κ3) is 31.8. The van der Waals surface area contributed by atoms with Gasteiger partial charge in [-0.25, -0.2) is 52.8 Å². The van der Waals surface area contributed by atoms with Gasteiger partial charge in [-0.1, -0.05) is 6.58 Å². The third-order valence-electron chi connectivity index (χ3n) is 14.2. The van der Waals surface area contributed by atoms with E-state index in [0.717, 1.165) is 43.4 Å². The number of carbonyl (C=O) groups excluding carboxylic acids is 11. The van der Waals surface area contributed by atoms with E-state index in [1.54, 1.807) is 62.3 Å². The van der Waals surface area contributed by atoms with Crippen LogP contribution in [0.25, 0.3) is 0 Å². The van der Waals surface area contributed by atoms with Crippen molar-refractivity contribution in [3.05, 3.63) is 12.3 Å². The van der Waals surface area contributed by atoms with E-state index in [0.29, 0.717) is 76.3 Å². The maximum Gasteiger partial charge on any atom is 1.00 e. The van der Waals surface area contributed by atoms with Crippen LogP contribution in [0.4, 0.5) is 19.2 Å². The summed E-state index contributed by atoms with van der Waals surface area (Å²) in [7, 11) is 5.21. The zero-order chi connectivity index (χ0) is 70.8. The minimum atomic E-state index is -0.956. The predicted molar refractivity (Wildman–Crippen MR) is 333 cm³/mol. The average molecular weight is 1340 g/mol. The summed E-state index contributed by atoms with van der Waals surface area (Å²) in [6.07, 6.45) is 9.28. The Morgan fingerprint density at radius 2 is 0.734 bits per heavy atom. The number of piperidine rings is 6. The molecule has 6 saturated heterocycles. The van der Waals surface area contributed by atoms with Gasteiger partial charge < -0.3 is 64.2 Å². The van der Waals surface area contributed by atoms with Crippen molar-refractivity contribution in [3.63, 3.8) is 0 Å². The number of rotatable bonds is 6. The second kappa shape index (κ2) is 40.9. The number of imide groups is 1. The van der Waals surface area contributed by atoms with E-state index in [1.165, 1.54) is 43.1 Å². The molecule has 0 aromatic heterocycles. The Balaban J connectivity index is 0. The van der Waals surface area contributed by atoms with Crippen molar-refractivity contribution < 1.29 is 135 Å². The summed E-state index contributed by atoms with van der Waals surface area (Å²) in [4.78, 5) is 154. The fourth-order valence-electron chi connectivity index (χ4n) is 10.0. The summed E-state index contributed by atoms with van der Waals surface area (Å²) in [6, 6.07) is -3.92. The number of carboxylic acid groups (broad SMARTS) is 2. The summed E-state index contributed by atoms with van der Waals surface area (Å²) in [6.45, 7) is 28.8. The fraction of sp³-hybridized carbons (Fsp3) is 0.762. The molecular formula is C63H105LiN6O24. The molecule has 6 aliphatic rings. The summed E-state index contributed by atoms with van der Waals surface area (Å²) in [5, 5.41) is 22.5. The SMILES string of the molecule is C=C1CCC[C@@H](C(=O)OC)N1C(=O)OC(C)(C)C.COC(=O)[C@@H]1CCCC(=O)N1.COC(=O)[C@@H]1CCCC(=O)N1C(=O)OC(C)(C)C.COC(=O)[C@@H]1CCC[C@H](C)N1C(=O)OC(C)(C)C.C[C@H]1CCC[C@@H](C(=O)O)N1C(=O)OC(C)(C)C.O=C1CCC[C@@H](C(=O)O)N1.[Li+].[OH-]. The number of hydrogen-bond donors (Lipinski definition) is 4. The predicted octanol–water partition coefficient (Wildman–Crippen LogP) is 4.92. The molecule has 0 aromatic carbocycles. The number of methoxy groups -OCH3 is 4. The van der Waals surface area contributed by atoms with Crippen molar-refractivity contribution in [2.45, 2.75) is 283 Å². The molecule has 31 heteroatoms. The van der Waals surface area contributed by atoms with E-state index in [1.807, 2.05) is 34.6 Å². The normalized spacial score (nSPS) is 22.7. The average Bonchev–Trinajstić information content (AvgIpc) is 0.843. The number of nitrogens with zero attached hydrogens (tertiary/aromatic N) is 4. The van der Waals surface area contributed by atoms with Gasteiger partial charge in [0.15, 0.2) is 0 Å². The summed E-state index contributed by atoms with van der Waals surface area (Å²) >= 11 is 0. The molecule has 0 aliphatic carbocycles. The summed E-state index contributed by atoms with van der Waals surface area (Å²) in [5.41, 5.74) is -1.87. The Morgan fingerprint density at radius 3 is 1.11 bits per heavy atom. The van der Waals surface area contributed by atoms with Gasteiger partial charge in [0, 0.05) is 37.0 Å². The zero-order valence-electron chi connectivity index (χ0n) is 58.8. The molecule has 5 N–H and O–H groups in total. The van der Waals surface area contributed by atoms with E-state index >= 15 is 0 Å². The number of ether oxygens (including phenoxy) is 8. The molecule has 0 saturated carbocycles. The van der Waals surface area contributed by atoms with Crippen LogP contribution < -0.4 is 29.5 Å².